The summed E-state index contributed by atoms with van der Waals surface area (Å²) < 4.78 is 7.56. The van der Waals surface area contributed by atoms with Crippen LogP contribution in [0.15, 0.2) is 48.8 Å². The average Bonchev–Trinajstić information content (AvgIpc) is 3.31. The Morgan fingerprint density at radius 3 is 2.54 bits per heavy atom. The second kappa shape index (κ2) is 11.2. The molecule has 2 aromatic carbocycles. The topological polar surface area (TPSA) is 109 Å². The van der Waals surface area contributed by atoms with Gasteiger partial charge in [0.2, 0.25) is 5.91 Å². The van der Waals surface area contributed by atoms with Gasteiger partial charge in [0.05, 0.1) is 11.2 Å². The first-order valence-corrected chi connectivity index (χ1v) is 13.3. The predicted octanol–water partition coefficient (Wildman–Crippen LogP) is 5.74. The van der Waals surface area contributed by atoms with Crippen LogP contribution < -0.4 is 15.4 Å². The van der Waals surface area contributed by atoms with E-state index in [9.17, 15) is 14.9 Å². The Bertz CT molecular complexity index is 1420. The van der Waals surface area contributed by atoms with E-state index in [-0.39, 0.29) is 35.2 Å². The molecule has 1 aliphatic heterocycles. The van der Waals surface area contributed by atoms with Gasteiger partial charge in [-0.05, 0) is 70.7 Å². The van der Waals surface area contributed by atoms with E-state index >= 15 is 0 Å². The number of benzene rings is 2. The van der Waals surface area contributed by atoms with E-state index in [0.29, 0.717) is 45.2 Å². The number of carbonyl (C=O) groups is 2. The summed E-state index contributed by atoms with van der Waals surface area (Å²) in [6.45, 7) is 8.78. The number of nitriles is 1. The van der Waals surface area contributed by atoms with Crippen LogP contribution in [0.1, 0.15) is 62.9 Å². The molecule has 0 saturated carbocycles. The van der Waals surface area contributed by atoms with Crippen molar-refractivity contribution in [3.05, 3.63) is 64.9 Å². The maximum Gasteiger partial charge on any atom is 0.241 e. The molecule has 0 bridgehead atoms. The van der Waals surface area contributed by atoms with Crippen molar-refractivity contribution >= 4 is 23.3 Å². The molecule has 0 radical (unpaired) electrons. The lowest BCUT2D eigenvalue weighted by molar-refractivity contribution is -0.121. The number of ketones is 1. The molecule has 0 unspecified atom stereocenters. The fraction of sp³-hybridized carbons (Fsp3) is 0.400. The molecule has 0 spiro atoms. The van der Waals surface area contributed by atoms with Crippen molar-refractivity contribution in [1.82, 2.24) is 20.4 Å². The van der Waals surface area contributed by atoms with E-state index in [1.165, 1.54) is 4.68 Å². The first kappa shape index (κ1) is 28.3. The molecule has 4 rings (SSSR count). The van der Waals surface area contributed by atoms with Gasteiger partial charge >= 0.3 is 0 Å². The van der Waals surface area contributed by atoms with Crippen LogP contribution in [0.2, 0.25) is 5.02 Å². The van der Waals surface area contributed by atoms with E-state index < -0.39 is 0 Å². The smallest absolute Gasteiger partial charge is 0.241 e. The maximum atomic E-state index is 13.2. The number of hydrogen-bond donors (Lipinski definition) is 2. The maximum absolute atomic E-state index is 13.2. The standard InChI is InChI=1S/C30H34ClN5O3/c1-29(2)13-19(14-30(3,4)35-29)11-25(37)20-9-10-27(24(31)12-20)39-26-8-6-7-22(23(26)15-32)21-16-34-36(17-21)18-28(38)33-5/h6-10,12,16-17,19,35H,11,13-14,18H2,1-5H3,(H,33,38). The number of halogens is 1. The van der Waals surface area contributed by atoms with E-state index in [2.05, 4.69) is 49.5 Å². The number of piperidine rings is 1. The summed E-state index contributed by atoms with van der Waals surface area (Å²) in [7, 11) is 1.56. The highest BCUT2D eigenvalue weighted by Gasteiger charge is 2.38. The first-order valence-electron chi connectivity index (χ1n) is 13.0. The first-order chi connectivity index (χ1) is 18.4. The van der Waals surface area contributed by atoms with Gasteiger partial charge in [0, 0.05) is 47.4 Å². The lowest BCUT2D eigenvalue weighted by Gasteiger charge is -2.46. The molecular weight excluding hydrogens is 514 g/mol. The quantitative estimate of drug-likeness (QED) is 0.348. The molecule has 2 heterocycles. The highest BCUT2D eigenvalue weighted by molar-refractivity contribution is 6.32. The number of Topliss-reactive ketones (excluding diaryl/α,β-unsaturated/α-hetero) is 1. The average molecular weight is 548 g/mol. The van der Waals surface area contributed by atoms with E-state index in [1.807, 2.05) is 0 Å². The number of rotatable bonds is 8. The van der Waals surface area contributed by atoms with Gasteiger partial charge in [0.15, 0.2) is 5.78 Å². The summed E-state index contributed by atoms with van der Waals surface area (Å²) in [5, 5.41) is 20.7. The van der Waals surface area contributed by atoms with Crippen LogP contribution in [-0.4, -0.2) is 39.6 Å². The number of nitrogens with one attached hydrogen (secondary N) is 2. The number of aromatic nitrogens is 2. The molecular formula is C30H34ClN5O3. The van der Waals surface area contributed by atoms with Crippen LogP contribution in [0.25, 0.3) is 11.1 Å². The molecule has 1 saturated heterocycles. The molecule has 2 N–H and O–H groups in total. The Morgan fingerprint density at radius 1 is 1.18 bits per heavy atom. The summed E-state index contributed by atoms with van der Waals surface area (Å²) >= 11 is 6.55. The van der Waals surface area contributed by atoms with E-state index in [1.54, 1.807) is 55.8 Å². The molecule has 8 nitrogen and oxygen atoms in total. The Labute approximate surface area is 234 Å². The van der Waals surface area contributed by atoms with Crippen molar-refractivity contribution in [3.63, 3.8) is 0 Å². The Morgan fingerprint density at radius 2 is 1.90 bits per heavy atom. The molecule has 204 valence electrons. The van der Waals surface area contributed by atoms with Crippen LogP contribution in [0.5, 0.6) is 11.5 Å². The summed E-state index contributed by atoms with van der Waals surface area (Å²) in [5.41, 5.74) is 2.09. The predicted molar refractivity (Wildman–Crippen MR) is 151 cm³/mol. The van der Waals surface area contributed by atoms with Crippen LogP contribution in [0, 0.1) is 17.2 Å². The van der Waals surface area contributed by atoms with Crippen LogP contribution in [-0.2, 0) is 11.3 Å². The SMILES string of the molecule is CNC(=O)Cn1cc(-c2cccc(Oc3ccc(C(=O)CC4CC(C)(C)NC(C)(C)C4)cc3Cl)c2C#N)cn1. The largest absolute Gasteiger partial charge is 0.454 e. The summed E-state index contributed by atoms with van der Waals surface area (Å²) in [4.78, 5) is 24.8. The van der Waals surface area contributed by atoms with Gasteiger partial charge in [-0.15, -0.1) is 0 Å². The molecule has 39 heavy (non-hydrogen) atoms. The van der Waals surface area contributed by atoms with Crippen LogP contribution in [0.4, 0.5) is 0 Å². The Kier molecular flexibility index (Phi) is 8.15. The van der Waals surface area contributed by atoms with Gasteiger partial charge in [0.25, 0.3) is 0 Å². The number of hydrogen-bond acceptors (Lipinski definition) is 6. The van der Waals surface area contributed by atoms with Gasteiger partial charge in [-0.1, -0.05) is 23.7 Å². The third-order valence-corrected chi connectivity index (χ3v) is 7.18. The third-order valence-electron chi connectivity index (χ3n) is 6.89. The summed E-state index contributed by atoms with van der Waals surface area (Å²) in [6.07, 6.45) is 5.61. The van der Waals surface area contributed by atoms with E-state index in [0.717, 1.165) is 12.8 Å². The Hall–Kier alpha value is -3.67. The lowest BCUT2D eigenvalue weighted by Crippen LogP contribution is -2.57. The van der Waals surface area contributed by atoms with Gasteiger partial charge in [-0.25, -0.2) is 0 Å². The van der Waals surface area contributed by atoms with Gasteiger partial charge in [-0.3, -0.25) is 14.3 Å². The molecule has 0 atom stereocenters. The third kappa shape index (κ3) is 6.86. The lowest BCUT2D eigenvalue weighted by atomic mass is 9.74. The highest BCUT2D eigenvalue weighted by atomic mass is 35.5. The van der Waals surface area contributed by atoms with Crippen molar-refractivity contribution < 1.29 is 14.3 Å². The normalized spacial score (nSPS) is 16.3. The number of likely N-dealkylation sites (N-methyl/N-ethyl adjacent to an activating group) is 1. The van der Waals surface area contributed by atoms with Crippen molar-refractivity contribution in [2.45, 2.75) is 64.6 Å². The number of ether oxygens (including phenoxy) is 1. The van der Waals surface area contributed by atoms with Crippen molar-refractivity contribution in [2.75, 3.05) is 7.05 Å². The molecule has 3 aromatic rings. The van der Waals surface area contributed by atoms with Gasteiger partial charge in [-0.2, -0.15) is 10.4 Å². The molecule has 1 fully saturated rings. The zero-order valence-electron chi connectivity index (χ0n) is 23.0. The zero-order chi connectivity index (χ0) is 28.4. The monoisotopic (exact) mass is 547 g/mol. The highest BCUT2D eigenvalue weighted by Crippen LogP contribution is 2.38. The van der Waals surface area contributed by atoms with Gasteiger partial charge in [0.1, 0.15) is 29.7 Å². The second-order valence-corrected chi connectivity index (χ2v) is 11.8. The van der Waals surface area contributed by atoms with Crippen molar-refractivity contribution in [3.8, 4) is 28.7 Å². The van der Waals surface area contributed by atoms with E-state index in [4.69, 9.17) is 16.3 Å². The van der Waals surface area contributed by atoms with Gasteiger partial charge < -0.3 is 15.4 Å². The Balaban J connectivity index is 1.51. The minimum Gasteiger partial charge on any atom is -0.454 e. The summed E-state index contributed by atoms with van der Waals surface area (Å²) in [6, 6.07) is 12.5. The number of nitrogens with zero attached hydrogens (tertiary/aromatic N) is 3. The molecule has 1 aliphatic rings. The fourth-order valence-corrected chi connectivity index (χ4v) is 5.94. The molecule has 1 amide bonds. The zero-order valence-corrected chi connectivity index (χ0v) is 23.7. The minimum atomic E-state index is -0.178. The molecule has 1 aromatic heterocycles. The van der Waals surface area contributed by atoms with Crippen molar-refractivity contribution in [1.29, 1.82) is 5.26 Å². The van der Waals surface area contributed by atoms with Crippen molar-refractivity contribution in [2.24, 2.45) is 5.92 Å². The number of amides is 1. The molecule has 0 aliphatic carbocycles. The molecule has 9 heteroatoms. The van der Waals surface area contributed by atoms with Crippen LogP contribution >= 0.6 is 11.6 Å². The number of carbonyl (C=O) groups excluding carboxylic acids is 2. The second-order valence-electron chi connectivity index (χ2n) is 11.4. The minimum absolute atomic E-state index is 0.0299. The summed E-state index contributed by atoms with van der Waals surface area (Å²) in [5.74, 6) is 0.827. The van der Waals surface area contributed by atoms with Crippen LogP contribution in [0.3, 0.4) is 0 Å². The fourth-order valence-electron chi connectivity index (χ4n) is 5.72.